The predicted octanol–water partition coefficient (Wildman–Crippen LogP) is 1.94. The number of hydrogen-bond acceptors (Lipinski definition) is 1. The van der Waals surface area contributed by atoms with Gasteiger partial charge in [0.1, 0.15) is 0 Å². The quantitative estimate of drug-likeness (QED) is 0.737. The Hall–Kier alpha value is -1.54. The highest BCUT2D eigenvalue weighted by Crippen LogP contribution is 2.09. The van der Waals surface area contributed by atoms with E-state index >= 15 is 0 Å². The molecule has 2 heteroatoms. The first-order chi connectivity index (χ1) is 6.40. The first-order valence-corrected chi connectivity index (χ1v) is 4.32. The van der Waals surface area contributed by atoms with Gasteiger partial charge in [0, 0.05) is 24.6 Å². The minimum Gasteiger partial charge on any atom is -0.326 e. The first kappa shape index (κ1) is 8.08. The van der Waals surface area contributed by atoms with Crippen LogP contribution in [0.15, 0.2) is 48.8 Å². The third kappa shape index (κ3) is 1.63. The maximum atomic E-state index is 5.53. The van der Waals surface area contributed by atoms with E-state index < -0.39 is 0 Å². The summed E-state index contributed by atoms with van der Waals surface area (Å²) in [4.78, 5) is 0. The van der Waals surface area contributed by atoms with Crippen LogP contribution in [0.4, 0.5) is 0 Å². The van der Waals surface area contributed by atoms with Gasteiger partial charge in [-0.1, -0.05) is 18.2 Å². The second-order valence-electron chi connectivity index (χ2n) is 2.97. The SMILES string of the molecule is NCc1ccn(-c2ccccc2)c1. The zero-order valence-corrected chi connectivity index (χ0v) is 7.35. The number of nitrogens with zero attached hydrogens (tertiary/aromatic N) is 1. The smallest absolute Gasteiger partial charge is 0.0449 e. The fourth-order valence-corrected chi connectivity index (χ4v) is 1.32. The molecule has 2 nitrogen and oxygen atoms in total. The molecule has 2 rings (SSSR count). The van der Waals surface area contributed by atoms with Crippen molar-refractivity contribution in [2.75, 3.05) is 0 Å². The van der Waals surface area contributed by atoms with Crippen molar-refractivity contribution in [2.45, 2.75) is 6.54 Å². The lowest BCUT2D eigenvalue weighted by atomic mass is 10.3. The molecule has 2 N–H and O–H groups in total. The van der Waals surface area contributed by atoms with E-state index in [9.17, 15) is 0 Å². The molecule has 2 aromatic rings. The molecule has 0 aliphatic carbocycles. The molecule has 0 amide bonds. The number of para-hydroxylation sites is 1. The summed E-state index contributed by atoms with van der Waals surface area (Å²) < 4.78 is 2.07. The van der Waals surface area contributed by atoms with E-state index in [1.165, 1.54) is 5.69 Å². The van der Waals surface area contributed by atoms with E-state index in [4.69, 9.17) is 5.73 Å². The third-order valence-electron chi connectivity index (χ3n) is 2.04. The maximum absolute atomic E-state index is 5.53. The lowest BCUT2D eigenvalue weighted by Crippen LogP contribution is -1.94. The van der Waals surface area contributed by atoms with Crippen LogP contribution in [-0.4, -0.2) is 4.57 Å². The first-order valence-electron chi connectivity index (χ1n) is 4.32. The summed E-state index contributed by atoms with van der Waals surface area (Å²) in [6, 6.07) is 12.2. The molecule has 13 heavy (non-hydrogen) atoms. The van der Waals surface area contributed by atoms with Gasteiger partial charge in [0.2, 0.25) is 0 Å². The van der Waals surface area contributed by atoms with E-state index in [1.807, 2.05) is 30.5 Å². The molecule has 0 spiro atoms. The van der Waals surface area contributed by atoms with Gasteiger partial charge in [0.25, 0.3) is 0 Å². The number of aromatic nitrogens is 1. The molecule has 0 fully saturated rings. The average molecular weight is 172 g/mol. The molecule has 0 bridgehead atoms. The van der Waals surface area contributed by atoms with Crippen molar-refractivity contribution in [3.63, 3.8) is 0 Å². The normalized spacial score (nSPS) is 10.2. The van der Waals surface area contributed by atoms with Crippen molar-refractivity contribution >= 4 is 0 Å². The van der Waals surface area contributed by atoms with Crippen LogP contribution < -0.4 is 5.73 Å². The highest BCUT2D eigenvalue weighted by atomic mass is 14.9. The molecule has 0 unspecified atom stereocenters. The van der Waals surface area contributed by atoms with Crippen LogP contribution in [0.2, 0.25) is 0 Å². The average Bonchev–Trinajstić information content (AvgIpc) is 2.67. The summed E-state index contributed by atoms with van der Waals surface area (Å²) in [6.45, 7) is 0.597. The molecule has 0 aliphatic rings. The van der Waals surface area contributed by atoms with E-state index in [-0.39, 0.29) is 0 Å². The fraction of sp³-hybridized carbons (Fsp3) is 0.0909. The van der Waals surface area contributed by atoms with E-state index in [2.05, 4.69) is 22.9 Å². The zero-order valence-electron chi connectivity index (χ0n) is 7.35. The van der Waals surface area contributed by atoms with Gasteiger partial charge in [-0.15, -0.1) is 0 Å². The third-order valence-corrected chi connectivity index (χ3v) is 2.04. The van der Waals surface area contributed by atoms with Crippen molar-refractivity contribution in [3.05, 3.63) is 54.4 Å². The Kier molecular flexibility index (Phi) is 2.15. The Balaban J connectivity index is 2.36. The summed E-state index contributed by atoms with van der Waals surface area (Å²) in [5.41, 5.74) is 7.85. The second kappa shape index (κ2) is 3.46. The molecule has 0 saturated carbocycles. The Morgan fingerprint density at radius 3 is 2.46 bits per heavy atom. The number of hydrogen-bond donors (Lipinski definition) is 1. The van der Waals surface area contributed by atoms with Gasteiger partial charge >= 0.3 is 0 Å². The van der Waals surface area contributed by atoms with Gasteiger partial charge < -0.3 is 10.3 Å². The van der Waals surface area contributed by atoms with Gasteiger partial charge in [-0.25, -0.2) is 0 Å². The molecule has 0 atom stereocenters. The molecular formula is C11H12N2. The summed E-state index contributed by atoms with van der Waals surface area (Å²) in [7, 11) is 0. The fourth-order valence-electron chi connectivity index (χ4n) is 1.32. The molecule has 1 aromatic carbocycles. The molecule has 1 heterocycles. The van der Waals surface area contributed by atoms with E-state index in [0.717, 1.165) is 5.56 Å². The molecule has 0 saturated heterocycles. The molecule has 1 aromatic heterocycles. The largest absolute Gasteiger partial charge is 0.326 e. The maximum Gasteiger partial charge on any atom is 0.0449 e. The zero-order chi connectivity index (χ0) is 9.10. The van der Waals surface area contributed by atoms with Gasteiger partial charge in [-0.05, 0) is 23.8 Å². The number of rotatable bonds is 2. The highest BCUT2D eigenvalue weighted by molar-refractivity contribution is 5.33. The van der Waals surface area contributed by atoms with Gasteiger partial charge in [0.15, 0.2) is 0 Å². The van der Waals surface area contributed by atoms with Gasteiger partial charge in [-0.3, -0.25) is 0 Å². The van der Waals surface area contributed by atoms with Crippen LogP contribution in [0.3, 0.4) is 0 Å². The van der Waals surface area contributed by atoms with Crippen LogP contribution in [0.25, 0.3) is 5.69 Å². The summed E-state index contributed by atoms with van der Waals surface area (Å²) in [5.74, 6) is 0. The van der Waals surface area contributed by atoms with Crippen LogP contribution in [0.1, 0.15) is 5.56 Å². The Labute approximate surface area is 77.6 Å². The molecule has 66 valence electrons. The van der Waals surface area contributed by atoms with Gasteiger partial charge in [0.05, 0.1) is 0 Å². The van der Waals surface area contributed by atoms with Crippen molar-refractivity contribution in [1.82, 2.24) is 4.57 Å². The van der Waals surface area contributed by atoms with Crippen molar-refractivity contribution in [1.29, 1.82) is 0 Å². The lowest BCUT2D eigenvalue weighted by Gasteiger charge is -2.00. The van der Waals surface area contributed by atoms with Crippen LogP contribution in [-0.2, 0) is 6.54 Å². The number of benzene rings is 1. The Morgan fingerprint density at radius 2 is 1.85 bits per heavy atom. The van der Waals surface area contributed by atoms with Crippen molar-refractivity contribution in [2.24, 2.45) is 5.73 Å². The van der Waals surface area contributed by atoms with E-state index in [1.54, 1.807) is 0 Å². The topological polar surface area (TPSA) is 30.9 Å². The summed E-state index contributed by atoms with van der Waals surface area (Å²) >= 11 is 0. The standard InChI is InChI=1S/C11H12N2/c12-8-10-6-7-13(9-10)11-4-2-1-3-5-11/h1-7,9H,8,12H2. The van der Waals surface area contributed by atoms with Crippen molar-refractivity contribution in [3.8, 4) is 5.69 Å². The highest BCUT2D eigenvalue weighted by Gasteiger charge is 1.95. The van der Waals surface area contributed by atoms with Crippen LogP contribution >= 0.6 is 0 Å². The Bertz CT molecular complexity index is 376. The second-order valence-corrected chi connectivity index (χ2v) is 2.97. The predicted molar refractivity (Wildman–Crippen MR) is 53.7 cm³/mol. The minimum absolute atomic E-state index is 0.597. The van der Waals surface area contributed by atoms with E-state index in [0.29, 0.717) is 6.54 Å². The number of nitrogens with two attached hydrogens (primary N) is 1. The van der Waals surface area contributed by atoms with Gasteiger partial charge in [-0.2, -0.15) is 0 Å². The van der Waals surface area contributed by atoms with Crippen LogP contribution in [0.5, 0.6) is 0 Å². The molecule has 0 aliphatic heterocycles. The summed E-state index contributed by atoms with van der Waals surface area (Å²) in [6.07, 6.45) is 4.08. The monoisotopic (exact) mass is 172 g/mol. The van der Waals surface area contributed by atoms with Crippen molar-refractivity contribution < 1.29 is 0 Å². The molecular weight excluding hydrogens is 160 g/mol. The molecule has 0 radical (unpaired) electrons. The van der Waals surface area contributed by atoms with Crippen LogP contribution in [0, 0.1) is 0 Å². The minimum atomic E-state index is 0.597. The lowest BCUT2D eigenvalue weighted by molar-refractivity contribution is 1.03. The Morgan fingerprint density at radius 1 is 1.08 bits per heavy atom. The summed E-state index contributed by atoms with van der Waals surface area (Å²) in [5, 5.41) is 0.